The van der Waals surface area contributed by atoms with Crippen LogP contribution in [-0.4, -0.2) is 48.0 Å². The summed E-state index contributed by atoms with van der Waals surface area (Å²) in [5.74, 6) is 1.53. The van der Waals surface area contributed by atoms with Gasteiger partial charge in [-0.2, -0.15) is 0 Å². The highest BCUT2D eigenvalue weighted by atomic mass is 35.5. The molecule has 0 aliphatic carbocycles. The highest BCUT2D eigenvalue weighted by molar-refractivity contribution is 6.30. The van der Waals surface area contributed by atoms with Crippen molar-refractivity contribution in [2.45, 2.75) is 44.8 Å². The Kier molecular flexibility index (Phi) is 5.84. The third-order valence-corrected chi connectivity index (χ3v) is 6.95. The minimum atomic E-state index is -0.317. The average Bonchev–Trinajstić information content (AvgIpc) is 2.67. The molecule has 6 nitrogen and oxygen atoms in total. The molecule has 3 aliphatic rings. The molecule has 2 atom stereocenters. The molecule has 3 aliphatic heterocycles. The lowest BCUT2D eigenvalue weighted by Gasteiger charge is -2.55. The van der Waals surface area contributed by atoms with E-state index in [4.69, 9.17) is 32.7 Å². The van der Waals surface area contributed by atoms with Crippen molar-refractivity contribution >= 4 is 23.2 Å². The van der Waals surface area contributed by atoms with Gasteiger partial charge in [0.15, 0.2) is 0 Å². The lowest BCUT2D eigenvalue weighted by atomic mass is 9.64. The molecular weight excluding hydrogens is 401 g/mol. The van der Waals surface area contributed by atoms with Gasteiger partial charge in [0.05, 0.1) is 12.7 Å². The molecule has 1 N–H and O–H groups in total. The molecule has 2 unspecified atom stereocenters. The van der Waals surface area contributed by atoms with Gasteiger partial charge in [-0.25, -0.2) is 5.01 Å². The Bertz CT molecular complexity index is 710. The number of hydrogen-bond donors (Lipinski definition) is 1. The standard InChI is InChI=1S/C20H28Cl2N3O3/c1-19(2)16-12-20(5-9-24(10-6-20)25(26)23-8-7-21)13-27-18(16)15-11-14(22)3-4-17(15)28-19/h3-4,11,16,18,23H,5-10,12-13H2,1-2H3/q-1. The van der Waals surface area contributed by atoms with Gasteiger partial charge in [0.2, 0.25) is 0 Å². The summed E-state index contributed by atoms with van der Waals surface area (Å²) >= 11 is 11.9. The highest BCUT2D eigenvalue weighted by Crippen LogP contribution is 2.55. The van der Waals surface area contributed by atoms with Crippen LogP contribution in [-0.2, 0) is 4.74 Å². The summed E-state index contributed by atoms with van der Waals surface area (Å²) in [6.07, 6.45) is 2.88. The van der Waals surface area contributed by atoms with E-state index >= 15 is 0 Å². The van der Waals surface area contributed by atoms with E-state index < -0.39 is 0 Å². The second-order valence-corrected chi connectivity index (χ2v) is 9.57. The summed E-state index contributed by atoms with van der Waals surface area (Å²) in [5, 5.41) is 15.5. The Morgan fingerprint density at radius 2 is 2.07 bits per heavy atom. The number of halogens is 2. The first-order valence-electron chi connectivity index (χ1n) is 9.95. The number of benzene rings is 1. The summed E-state index contributed by atoms with van der Waals surface area (Å²) in [6, 6.07) is 5.78. The van der Waals surface area contributed by atoms with Gasteiger partial charge in [-0.15, -0.1) is 11.6 Å². The minimum Gasteiger partial charge on any atom is -0.758 e. The third kappa shape index (κ3) is 3.88. The van der Waals surface area contributed by atoms with Gasteiger partial charge in [-0.3, -0.25) is 10.7 Å². The van der Waals surface area contributed by atoms with Crippen LogP contribution in [0.1, 0.15) is 44.8 Å². The molecule has 2 saturated heterocycles. The molecule has 1 aromatic rings. The zero-order chi connectivity index (χ0) is 19.9. The van der Waals surface area contributed by atoms with Crippen molar-refractivity contribution in [2.24, 2.45) is 11.3 Å². The second kappa shape index (κ2) is 7.91. The molecule has 28 heavy (non-hydrogen) atoms. The fourth-order valence-electron chi connectivity index (χ4n) is 4.86. The van der Waals surface area contributed by atoms with Crippen LogP contribution >= 0.6 is 23.2 Å². The van der Waals surface area contributed by atoms with Crippen LogP contribution in [0, 0.1) is 16.5 Å². The van der Waals surface area contributed by atoms with Gasteiger partial charge < -0.3 is 14.7 Å². The van der Waals surface area contributed by atoms with Crippen molar-refractivity contribution in [3.8, 4) is 5.75 Å². The van der Waals surface area contributed by atoms with Crippen molar-refractivity contribution in [3.63, 3.8) is 0 Å². The van der Waals surface area contributed by atoms with E-state index in [1.54, 1.807) is 0 Å². The fraction of sp³-hybridized carbons (Fsp3) is 0.700. The van der Waals surface area contributed by atoms with E-state index in [0.29, 0.717) is 37.1 Å². The number of hydrogen-bond acceptors (Lipinski definition) is 6. The Morgan fingerprint density at radius 3 is 2.79 bits per heavy atom. The number of nitrogens with zero attached hydrogens (tertiary/aromatic N) is 2. The Hall–Kier alpha value is -0.600. The van der Waals surface area contributed by atoms with Crippen LogP contribution in [0.4, 0.5) is 0 Å². The van der Waals surface area contributed by atoms with E-state index in [2.05, 4.69) is 19.3 Å². The first kappa shape index (κ1) is 20.7. The molecule has 0 bridgehead atoms. The SMILES string of the molecule is CC1(C)Oc2ccc(Cl)cc2C2OCC3(CCN(N([O-])NCCCl)CC3)CC21. The smallest absolute Gasteiger partial charge is 0.126 e. The maximum atomic E-state index is 12.1. The van der Waals surface area contributed by atoms with E-state index in [9.17, 15) is 5.21 Å². The number of nitrogens with one attached hydrogen (secondary N) is 1. The van der Waals surface area contributed by atoms with Crippen LogP contribution in [0.25, 0.3) is 0 Å². The van der Waals surface area contributed by atoms with Gasteiger partial charge in [0.1, 0.15) is 11.4 Å². The van der Waals surface area contributed by atoms with Gasteiger partial charge in [-0.1, -0.05) is 11.6 Å². The first-order chi connectivity index (χ1) is 13.3. The van der Waals surface area contributed by atoms with Crippen molar-refractivity contribution in [3.05, 3.63) is 34.0 Å². The zero-order valence-electron chi connectivity index (χ0n) is 16.4. The average molecular weight is 429 g/mol. The number of hydrazine groups is 2. The maximum absolute atomic E-state index is 12.1. The highest BCUT2D eigenvalue weighted by Gasteiger charge is 2.52. The fourth-order valence-corrected chi connectivity index (χ4v) is 5.13. The molecule has 1 spiro atoms. The summed E-state index contributed by atoms with van der Waals surface area (Å²) in [6.45, 7) is 6.89. The lowest BCUT2D eigenvalue weighted by Crippen LogP contribution is -2.57. The van der Waals surface area contributed by atoms with E-state index in [0.717, 1.165) is 35.9 Å². The van der Waals surface area contributed by atoms with E-state index in [1.165, 1.54) is 0 Å². The summed E-state index contributed by atoms with van der Waals surface area (Å²) < 4.78 is 12.8. The minimum absolute atomic E-state index is 0.00231. The van der Waals surface area contributed by atoms with Crippen LogP contribution < -0.4 is 10.2 Å². The molecule has 3 heterocycles. The molecule has 156 valence electrons. The normalized spacial score (nSPS) is 28.6. The van der Waals surface area contributed by atoms with Crippen molar-refractivity contribution in [2.75, 3.05) is 32.1 Å². The molecule has 0 amide bonds. The predicted molar refractivity (Wildman–Crippen MR) is 110 cm³/mol. The Balaban J connectivity index is 1.48. The quantitative estimate of drug-likeness (QED) is 0.574. The molecule has 0 radical (unpaired) electrons. The molecule has 8 heteroatoms. The molecule has 0 saturated carbocycles. The summed E-state index contributed by atoms with van der Waals surface area (Å²) in [4.78, 5) is 0. The number of alkyl halides is 1. The molecular formula is C20H28Cl2N3O3-. The first-order valence-corrected chi connectivity index (χ1v) is 10.9. The molecule has 1 aromatic carbocycles. The monoisotopic (exact) mass is 428 g/mol. The van der Waals surface area contributed by atoms with Crippen LogP contribution in [0.5, 0.6) is 5.75 Å². The molecule has 2 fully saturated rings. The second-order valence-electron chi connectivity index (χ2n) is 8.75. The predicted octanol–water partition coefficient (Wildman–Crippen LogP) is 4.13. The number of rotatable bonds is 4. The van der Waals surface area contributed by atoms with Gasteiger partial charge in [0.25, 0.3) is 0 Å². The number of ether oxygens (including phenoxy) is 2. The largest absolute Gasteiger partial charge is 0.758 e. The van der Waals surface area contributed by atoms with Crippen LogP contribution in [0.3, 0.4) is 0 Å². The van der Waals surface area contributed by atoms with Crippen LogP contribution in [0.15, 0.2) is 18.2 Å². The zero-order valence-corrected chi connectivity index (χ0v) is 17.9. The van der Waals surface area contributed by atoms with Gasteiger partial charge >= 0.3 is 0 Å². The van der Waals surface area contributed by atoms with Gasteiger partial charge in [0, 0.05) is 42.0 Å². The molecule has 0 aromatic heterocycles. The van der Waals surface area contributed by atoms with Crippen LogP contribution in [0.2, 0.25) is 5.02 Å². The van der Waals surface area contributed by atoms with Crippen molar-refractivity contribution in [1.29, 1.82) is 0 Å². The lowest BCUT2D eigenvalue weighted by molar-refractivity contribution is -0.184. The number of piperidine rings is 1. The van der Waals surface area contributed by atoms with E-state index in [-0.39, 0.29) is 23.0 Å². The topological polar surface area (TPSA) is 60.0 Å². The third-order valence-electron chi connectivity index (χ3n) is 6.53. The maximum Gasteiger partial charge on any atom is 0.126 e. The Labute approximate surface area is 176 Å². The van der Waals surface area contributed by atoms with Crippen molar-refractivity contribution < 1.29 is 9.47 Å². The summed E-state index contributed by atoms with van der Waals surface area (Å²) in [7, 11) is 0. The van der Waals surface area contributed by atoms with Crippen molar-refractivity contribution in [1.82, 2.24) is 15.7 Å². The van der Waals surface area contributed by atoms with E-state index in [1.807, 2.05) is 23.2 Å². The molecule has 4 rings (SSSR count). The Morgan fingerprint density at radius 1 is 1.32 bits per heavy atom. The number of fused-ring (bicyclic) bond motifs is 3. The summed E-state index contributed by atoms with van der Waals surface area (Å²) in [5.41, 5.74) is 3.60. The van der Waals surface area contributed by atoms with Gasteiger partial charge in [-0.05, 0) is 56.7 Å².